The number of aromatic nitrogens is 2. The predicted molar refractivity (Wildman–Crippen MR) is 61.3 cm³/mol. The highest BCUT2D eigenvalue weighted by Gasteiger charge is 2.30. The van der Waals surface area contributed by atoms with Crippen LogP contribution in [0.15, 0.2) is 4.52 Å². The van der Waals surface area contributed by atoms with Crippen LogP contribution < -0.4 is 5.73 Å². The van der Waals surface area contributed by atoms with Gasteiger partial charge in [0.15, 0.2) is 0 Å². The van der Waals surface area contributed by atoms with Crippen molar-refractivity contribution >= 4 is 5.91 Å². The van der Waals surface area contributed by atoms with E-state index in [0.29, 0.717) is 30.8 Å². The van der Waals surface area contributed by atoms with Gasteiger partial charge in [-0.15, -0.1) is 0 Å². The van der Waals surface area contributed by atoms with Gasteiger partial charge in [0, 0.05) is 20.0 Å². The number of hydrogen-bond acceptors (Lipinski definition) is 5. The van der Waals surface area contributed by atoms with E-state index < -0.39 is 0 Å². The summed E-state index contributed by atoms with van der Waals surface area (Å²) in [6, 6.07) is 0. The summed E-state index contributed by atoms with van der Waals surface area (Å²) >= 11 is 0. The Morgan fingerprint density at radius 3 is 3.00 bits per heavy atom. The molecule has 1 aliphatic heterocycles. The SMILES string of the molecule is Cc1nc(C(=O)N2CCC(C)C(CN)C2)no1. The summed E-state index contributed by atoms with van der Waals surface area (Å²) in [6.07, 6.45) is 0.977. The number of carbonyl (C=O) groups is 1. The summed E-state index contributed by atoms with van der Waals surface area (Å²) in [5.41, 5.74) is 5.71. The van der Waals surface area contributed by atoms with Gasteiger partial charge in [0.25, 0.3) is 11.7 Å². The van der Waals surface area contributed by atoms with Crippen LogP contribution in [0, 0.1) is 18.8 Å². The Morgan fingerprint density at radius 2 is 2.41 bits per heavy atom. The number of rotatable bonds is 2. The number of piperidine rings is 1. The second-order valence-electron chi connectivity index (χ2n) is 4.65. The van der Waals surface area contributed by atoms with E-state index in [1.54, 1.807) is 11.8 Å². The number of nitrogens with zero attached hydrogens (tertiary/aromatic N) is 3. The molecule has 1 aliphatic rings. The minimum absolute atomic E-state index is 0.146. The molecule has 6 nitrogen and oxygen atoms in total. The van der Waals surface area contributed by atoms with Crippen molar-refractivity contribution in [3.8, 4) is 0 Å². The molecule has 1 aromatic rings. The van der Waals surface area contributed by atoms with Crippen LogP contribution in [0.2, 0.25) is 0 Å². The van der Waals surface area contributed by atoms with E-state index in [4.69, 9.17) is 10.3 Å². The first-order chi connectivity index (χ1) is 8.11. The number of nitrogens with two attached hydrogens (primary N) is 1. The topological polar surface area (TPSA) is 85.2 Å². The lowest BCUT2D eigenvalue weighted by Gasteiger charge is -2.35. The van der Waals surface area contributed by atoms with Crippen molar-refractivity contribution in [1.29, 1.82) is 0 Å². The third-order valence-corrected chi connectivity index (χ3v) is 3.42. The molecule has 1 aromatic heterocycles. The quantitative estimate of drug-likeness (QED) is 0.807. The number of carbonyl (C=O) groups excluding carboxylic acids is 1. The van der Waals surface area contributed by atoms with Crippen molar-refractivity contribution in [2.24, 2.45) is 17.6 Å². The number of likely N-dealkylation sites (tertiary alicyclic amines) is 1. The van der Waals surface area contributed by atoms with Gasteiger partial charge in [-0.1, -0.05) is 12.1 Å². The van der Waals surface area contributed by atoms with Gasteiger partial charge < -0.3 is 15.2 Å². The van der Waals surface area contributed by atoms with E-state index in [1.807, 2.05) is 0 Å². The van der Waals surface area contributed by atoms with Crippen LogP contribution in [0.25, 0.3) is 0 Å². The molecule has 2 heterocycles. The maximum Gasteiger partial charge on any atom is 0.295 e. The van der Waals surface area contributed by atoms with Crippen molar-refractivity contribution < 1.29 is 9.32 Å². The zero-order chi connectivity index (χ0) is 12.4. The van der Waals surface area contributed by atoms with Gasteiger partial charge in [-0.3, -0.25) is 4.79 Å². The minimum Gasteiger partial charge on any atom is -0.339 e. The summed E-state index contributed by atoms with van der Waals surface area (Å²) in [5.74, 6) is 1.32. The van der Waals surface area contributed by atoms with Gasteiger partial charge in [-0.25, -0.2) is 0 Å². The van der Waals surface area contributed by atoms with E-state index in [1.165, 1.54) is 0 Å². The molecule has 0 spiro atoms. The molecule has 2 atom stereocenters. The largest absolute Gasteiger partial charge is 0.339 e. The molecule has 2 N–H and O–H groups in total. The molecule has 0 saturated carbocycles. The molecule has 0 aromatic carbocycles. The Morgan fingerprint density at radius 1 is 1.65 bits per heavy atom. The van der Waals surface area contributed by atoms with Gasteiger partial charge in [-0.05, 0) is 24.8 Å². The lowest BCUT2D eigenvalue weighted by atomic mass is 9.87. The smallest absolute Gasteiger partial charge is 0.295 e. The van der Waals surface area contributed by atoms with E-state index in [2.05, 4.69) is 17.1 Å². The highest BCUT2D eigenvalue weighted by Crippen LogP contribution is 2.23. The zero-order valence-electron chi connectivity index (χ0n) is 10.2. The predicted octanol–water partition coefficient (Wildman–Crippen LogP) is 0.435. The Hall–Kier alpha value is -1.43. The van der Waals surface area contributed by atoms with Gasteiger partial charge in [0.1, 0.15) is 0 Å². The van der Waals surface area contributed by atoms with Crippen LogP contribution in [0.3, 0.4) is 0 Å². The molecule has 0 bridgehead atoms. The summed E-state index contributed by atoms with van der Waals surface area (Å²) < 4.78 is 4.82. The molecule has 2 rings (SSSR count). The third kappa shape index (κ3) is 2.46. The van der Waals surface area contributed by atoms with E-state index in [0.717, 1.165) is 13.0 Å². The fourth-order valence-corrected chi connectivity index (χ4v) is 2.17. The molecular formula is C11H18N4O2. The highest BCUT2D eigenvalue weighted by molar-refractivity contribution is 5.90. The summed E-state index contributed by atoms with van der Waals surface area (Å²) in [5, 5.41) is 3.65. The molecule has 6 heteroatoms. The summed E-state index contributed by atoms with van der Waals surface area (Å²) in [4.78, 5) is 17.8. The Kier molecular flexibility index (Phi) is 3.42. The molecule has 1 amide bonds. The van der Waals surface area contributed by atoms with Crippen molar-refractivity contribution in [3.05, 3.63) is 11.7 Å². The van der Waals surface area contributed by atoms with Gasteiger partial charge in [0.05, 0.1) is 0 Å². The summed E-state index contributed by atoms with van der Waals surface area (Å²) in [7, 11) is 0. The Bertz CT molecular complexity index is 404. The van der Waals surface area contributed by atoms with Gasteiger partial charge in [0.2, 0.25) is 5.89 Å². The fourth-order valence-electron chi connectivity index (χ4n) is 2.17. The highest BCUT2D eigenvalue weighted by atomic mass is 16.5. The first kappa shape index (κ1) is 12.0. The molecule has 0 aliphatic carbocycles. The fraction of sp³-hybridized carbons (Fsp3) is 0.727. The lowest BCUT2D eigenvalue weighted by Crippen LogP contribution is -2.45. The maximum atomic E-state index is 12.1. The summed E-state index contributed by atoms with van der Waals surface area (Å²) in [6.45, 7) is 5.88. The van der Waals surface area contributed by atoms with E-state index >= 15 is 0 Å². The van der Waals surface area contributed by atoms with Crippen molar-refractivity contribution in [2.45, 2.75) is 20.3 Å². The average molecular weight is 238 g/mol. The Labute approximate surface area is 100 Å². The van der Waals surface area contributed by atoms with Crippen LogP contribution in [0.1, 0.15) is 29.9 Å². The van der Waals surface area contributed by atoms with Crippen molar-refractivity contribution in [2.75, 3.05) is 19.6 Å². The molecule has 1 fully saturated rings. The van der Waals surface area contributed by atoms with Crippen molar-refractivity contribution in [3.63, 3.8) is 0 Å². The number of hydrogen-bond donors (Lipinski definition) is 1. The molecule has 17 heavy (non-hydrogen) atoms. The van der Waals surface area contributed by atoms with Crippen LogP contribution in [0.5, 0.6) is 0 Å². The zero-order valence-corrected chi connectivity index (χ0v) is 10.2. The van der Waals surface area contributed by atoms with E-state index in [9.17, 15) is 4.79 Å². The van der Waals surface area contributed by atoms with Crippen LogP contribution in [0.4, 0.5) is 0 Å². The molecule has 94 valence electrons. The first-order valence-corrected chi connectivity index (χ1v) is 5.91. The number of aryl methyl sites for hydroxylation is 1. The second kappa shape index (κ2) is 4.83. The van der Waals surface area contributed by atoms with Crippen LogP contribution >= 0.6 is 0 Å². The third-order valence-electron chi connectivity index (χ3n) is 3.42. The standard InChI is InChI=1S/C11H18N4O2/c1-7-3-4-15(6-9(7)5-12)11(16)10-13-8(2)17-14-10/h7,9H,3-6,12H2,1-2H3. The molecule has 2 unspecified atom stereocenters. The van der Waals surface area contributed by atoms with Gasteiger partial charge in [-0.2, -0.15) is 4.98 Å². The molecular weight excluding hydrogens is 220 g/mol. The molecule has 0 radical (unpaired) electrons. The van der Waals surface area contributed by atoms with Crippen LogP contribution in [-0.4, -0.2) is 40.6 Å². The van der Waals surface area contributed by atoms with E-state index in [-0.39, 0.29) is 11.7 Å². The van der Waals surface area contributed by atoms with Gasteiger partial charge >= 0.3 is 0 Å². The second-order valence-corrected chi connectivity index (χ2v) is 4.65. The van der Waals surface area contributed by atoms with Crippen molar-refractivity contribution in [1.82, 2.24) is 15.0 Å². The maximum absolute atomic E-state index is 12.1. The van der Waals surface area contributed by atoms with Crippen LogP contribution in [-0.2, 0) is 0 Å². The number of amides is 1. The first-order valence-electron chi connectivity index (χ1n) is 5.91. The normalized spacial score (nSPS) is 25.0. The average Bonchev–Trinajstić information content (AvgIpc) is 2.75. The lowest BCUT2D eigenvalue weighted by molar-refractivity contribution is 0.0603. The Balaban J connectivity index is 2.05. The molecule has 1 saturated heterocycles. The minimum atomic E-state index is -0.160. The monoisotopic (exact) mass is 238 g/mol.